The first kappa shape index (κ1) is 16.4. The van der Waals surface area contributed by atoms with Crippen molar-refractivity contribution in [1.82, 2.24) is 14.8 Å². The largest absolute Gasteiger partial charge is 0.395 e. The van der Waals surface area contributed by atoms with E-state index < -0.39 is 0 Å². The molecule has 4 rings (SSSR count). The third-order valence-corrected chi connectivity index (χ3v) is 5.35. The van der Waals surface area contributed by atoms with Crippen LogP contribution in [0.15, 0.2) is 23.2 Å². The minimum absolute atomic E-state index is 0.174. The number of fused-ring (bicyclic) bond motifs is 2. The monoisotopic (exact) mass is 361 g/mol. The molecule has 2 aliphatic heterocycles. The average Bonchev–Trinajstić information content (AvgIpc) is 2.89. The number of aliphatic imine (C=N–C) groups is 1. The van der Waals surface area contributed by atoms with Crippen LogP contribution in [0.5, 0.6) is 0 Å². The van der Waals surface area contributed by atoms with Gasteiger partial charge in [0.15, 0.2) is 5.84 Å². The highest BCUT2D eigenvalue weighted by Gasteiger charge is 2.27. The van der Waals surface area contributed by atoms with E-state index in [4.69, 9.17) is 10.1 Å². The summed E-state index contributed by atoms with van der Waals surface area (Å²) in [6.07, 6.45) is 0. The number of anilines is 2. The number of benzene rings is 1. The number of hydrogen-bond acceptors (Lipinski definition) is 7. The van der Waals surface area contributed by atoms with Gasteiger partial charge in [-0.05, 0) is 19.1 Å². The number of aryl methyl sites for hydroxylation is 1. The molecule has 1 saturated heterocycles. The van der Waals surface area contributed by atoms with E-state index in [9.17, 15) is 4.39 Å². The van der Waals surface area contributed by atoms with Crippen molar-refractivity contribution in [1.29, 1.82) is 0 Å². The molecule has 2 aliphatic rings. The Morgan fingerprint density at radius 2 is 2.08 bits per heavy atom. The molecular weight excluding hydrogens is 341 g/mol. The molecule has 3 heterocycles. The smallest absolute Gasteiger partial charge is 0.158 e. The third-order valence-electron chi connectivity index (χ3n) is 4.47. The lowest BCUT2D eigenvalue weighted by Crippen LogP contribution is -2.49. The Morgan fingerprint density at radius 1 is 1.28 bits per heavy atom. The first-order valence-electron chi connectivity index (χ1n) is 8.35. The van der Waals surface area contributed by atoms with Crippen LogP contribution in [-0.4, -0.2) is 65.1 Å². The number of amidine groups is 1. The Balaban J connectivity index is 1.71. The number of nitrogens with zero attached hydrogens (tertiary/aromatic N) is 4. The predicted octanol–water partition coefficient (Wildman–Crippen LogP) is 2.34. The molecule has 0 aliphatic carbocycles. The second kappa shape index (κ2) is 6.70. The van der Waals surface area contributed by atoms with E-state index >= 15 is 0 Å². The Bertz CT molecular complexity index is 813. The maximum atomic E-state index is 13.7. The summed E-state index contributed by atoms with van der Waals surface area (Å²) in [6, 6.07) is 4.61. The first-order chi connectivity index (χ1) is 12.1. The van der Waals surface area contributed by atoms with Gasteiger partial charge < -0.3 is 15.3 Å². The zero-order valence-corrected chi connectivity index (χ0v) is 14.8. The van der Waals surface area contributed by atoms with Crippen LogP contribution in [0.4, 0.5) is 20.8 Å². The van der Waals surface area contributed by atoms with Crippen LogP contribution in [0.25, 0.3) is 0 Å². The number of nitrogens with one attached hydrogen (secondary N) is 1. The van der Waals surface area contributed by atoms with Crippen molar-refractivity contribution in [2.24, 2.45) is 4.99 Å². The van der Waals surface area contributed by atoms with Crippen LogP contribution in [0.2, 0.25) is 0 Å². The zero-order chi connectivity index (χ0) is 17.4. The maximum absolute atomic E-state index is 13.7. The molecule has 0 radical (unpaired) electrons. The van der Waals surface area contributed by atoms with Crippen molar-refractivity contribution >= 4 is 33.5 Å². The minimum Gasteiger partial charge on any atom is -0.395 e. The van der Waals surface area contributed by atoms with Crippen LogP contribution in [0, 0.1) is 12.7 Å². The lowest BCUT2D eigenvalue weighted by atomic mass is 10.2. The SMILES string of the molecule is Cc1nc2c(s1)Nc1ccc(F)cc1N=C2N1CCN(CCO)CC1. The van der Waals surface area contributed by atoms with Crippen LogP contribution in [0.3, 0.4) is 0 Å². The standard InChI is InChI=1S/C17H20FN5OS/c1-11-19-15-16(23-6-4-22(5-7-23)8-9-24)20-14-10-12(18)2-3-13(14)21-17(15)25-11/h2-3,10,21,24H,4-9H2,1H3. The maximum Gasteiger partial charge on any atom is 0.158 e. The van der Waals surface area contributed by atoms with Crippen LogP contribution in [-0.2, 0) is 0 Å². The van der Waals surface area contributed by atoms with Gasteiger partial charge in [0.05, 0.1) is 23.0 Å². The van der Waals surface area contributed by atoms with Gasteiger partial charge in [0, 0.05) is 38.8 Å². The number of aliphatic hydroxyl groups excluding tert-OH is 1. The van der Waals surface area contributed by atoms with Gasteiger partial charge in [-0.15, -0.1) is 11.3 Å². The fourth-order valence-electron chi connectivity index (χ4n) is 3.20. The number of β-amino-alcohol motifs (C(OH)–C–C–N with tert-alkyl or cyclic N) is 1. The first-order valence-corrected chi connectivity index (χ1v) is 9.17. The summed E-state index contributed by atoms with van der Waals surface area (Å²) in [7, 11) is 0. The topological polar surface area (TPSA) is 64.0 Å². The minimum atomic E-state index is -0.300. The fraction of sp³-hybridized carbons (Fsp3) is 0.412. The average molecular weight is 361 g/mol. The Hall–Kier alpha value is -2.03. The molecule has 2 aromatic rings. The van der Waals surface area contributed by atoms with Gasteiger partial charge in [0.25, 0.3) is 0 Å². The number of aromatic nitrogens is 1. The van der Waals surface area contributed by atoms with E-state index in [0.717, 1.165) is 53.4 Å². The fourth-order valence-corrected chi connectivity index (χ4v) is 4.03. The molecule has 8 heteroatoms. The Labute approximate surface area is 149 Å². The summed E-state index contributed by atoms with van der Waals surface area (Å²) >= 11 is 1.58. The van der Waals surface area contributed by atoms with Crippen molar-refractivity contribution in [3.05, 3.63) is 34.7 Å². The third kappa shape index (κ3) is 3.24. The predicted molar refractivity (Wildman–Crippen MR) is 97.8 cm³/mol. The molecule has 2 N–H and O–H groups in total. The Morgan fingerprint density at radius 3 is 2.84 bits per heavy atom. The molecule has 0 spiro atoms. The molecule has 6 nitrogen and oxygen atoms in total. The van der Waals surface area contributed by atoms with Crippen molar-refractivity contribution in [2.45, 2.75) is 6.92 Å². The van der Waals surface area contributed by atoms with Gasteiger partial charge in [0.1, 0.15) is 16.5 Å². The van der Waals surface area contributed by atoms with E-state index in [1.54, 1.807) is 17.4 Å². The van der Waals surface area contributed by atoms with Crippen LogP contribution in [0.1, 0.15) is 10.7 Å². The van der Waals surface area contributed by atoms with E-state index in [2.05, 4.69) is 20.1 Å². The van der Waals surface area contributed by atoms with E-state index in [0.29, 0.717) is 12.2 Å². The van der Waals surface area contributed by atoms with Gasteiger partial charge in [-0.25, -0.2) is 14.4 Å². The highest BCUT2D eigenvalue weighted by molar-refractivity contribution is 7.16. The van der Waals surface area contributed by atoms with Crippen molar-refractivity contribution in [2.75, 3.05) is 44.6 Å². The molecular formula is C17H20FN5OS. The molecule has 0 atom stereocenters. The van der Waals surface area contributed by atoms with Crippen LogP contribution < -0.4 is 5.32 Å². The van der Waals surface area contributed by atoms with Gasteiger partial charge in [-0.2, -0.15) is 0 Å². The molecule has 1 aromatic carbocycles. The van der Waals surface area contributed by atoms with Crippen LogP contribution >= 0.6 is 11.3 Å². The number of rotatable bonds is 2. The number of hydrogen-bond donors (Lipinski definition) is 2. The quantitative estimate of drug-likeness (QED) is 0.860. The molecule has 1 fully saturated rings. The van der Waals surface area contributed by atoms with Gasteiger partial charge in [-0.3, -0.25) is 4.90 Å². The summed E-state index contributed by atoms with van der Waals surface area (Å²) in [6.45, 7) is 6.18. The molecule has 0 bridgehead atoms. The zero-order valence-electron chi connectivity index (χ0n) is 14.0. The summed E-state index contributed by atoms with van der Waals surface area (Å²) < 4.78 is 13.7. The number of aliphatic hydroxyl groups is 1. The normalized spacial score (nSPS) is 17.4. The lowest BCUT2D eigenvalue weighted by molar-refractivity contribution is 0.147. The van der Waals surface area contributed by atoms with Crippen molar-refractivity contribution in [3.63, 3.8) is 0 Å². The summed E-state index contributed by atoms with van der Waals surface area (Å²) in [5.41, 5.74) is 2.21. The number of piperazine rings is 1. The van der Waals surface area contributed by atoms with E-state index in [-0.39, 0.29) is 12.4 Å². The highest BCUT2D eigenvalue weighted by Crippen LogP contribution is 2.38. The van der Waals surface area contributed by atoms with Gasteiger partial charge in [0.2, 0.25) is 0 Å². The molecule has 132 valence electrons. The molecule has 25 heavy (non-hydrogen) atoms. The number of halogens is 1. The molecule has 0 unspecified atom stereocenters. The summed E-state index contributed by atoms with van der Waals surface area (Å²) in [5, 5.41) is 14.4. The molecule has 1 aromatic heterocycles. The van der Waals surface area contributed by atoms with Crippen molar-refractivity contribution in [3.8, 4) is 0 Å². The summed E-state index contributed by atoms with van der Waals surface area (Å²) in [5.74, 6) is 0.491. The van der Waals surface area contributed by atoms with Gasteiger partial charge in [-0.1, -0.05) is 0 Å². The second-order valence-corrected chi connectivity index (χ2v) is 7.39. The van der Waals surface area contributed by atoms with E-state index in [1.807, 2.05) is 6.92 Å². The van der Waals surface area contributed by atoms with E-state index in [1.165, 1.54) is 12.1 Å². The Kier molecular flexibility index (Phi) is 4.41. The highest BCUT2D eigenvalue weighted by atomic mass is 32.1. The molecule has 0 amide bonds. The van der Waals surface area contributed by atoms with Gasteiger partial charge >= 0.3 is 0 Å². The summed E-state index contributed by atoms with van der Waals surface area (Å²) in [4.78, 5) is 13.9. The van der Waals surface area contributed by atoms with Crippen molar-refractivity contribution < 1.29 is 9.50 Å². The molecule has 0 saturated carbocycles. The second-order valence-electron chi connectivity index (χ2n) is 6.18. The number of thiazole rings is 1. The lowest BCUT2D eigenvalue weighted by Gasteiger charge is -2.35.